The van der Waals surface area contributed by atoms with Gasteiger partial charge in [0, 0.05) is 27.8 Å². The number of aromatic amines is 1. The Bertz CT molecular complexity index is 1830. The Kier molecular flexibility index (Phi) is 6.50. The standard InChI is InChI=1S/C31H25F2N3O2S/c1-17-25-11-18(6-9-29(25)36-35-17)26-14-22(7-8-24(26)27-12-20(32)13-28(33)31(27)37)38-15-21(34)10-19-16-39-30-5-3-2-4-23(19)30/h2-9,11-14,16,21,37H,10,15,34H2,1H3,(H,35,36)/t21-/m1/s1. The molecule has 39 heavy (non-hydrogen) atoms. The molecule has 6 rings (SSSR count). The van der Waals surface area contributed by atoms with Crippen molar-refractivity contribution in [3.63, 3.8) is 0 Å². The molecule has 0 bridgehead atoms. The zero-order valence-corrected chi connectivity index (χ0v) is 21.9. The van der Waals surface area contributed by atoms with Crippen LogP contribution in [0.25, 0.3) is 43.2 Å². The lowest BCUT2D eigenvalue weighted by atomic mass is 9.92. The zero-order valence-electron chi connectivity index (χ0n) is 21.0. The molecule has 6 aromatic rings. The number of nitrogens with zero attached hydrogens (tertiary/aromatic N) is 1. The molecule has 5 nitrogen and oxygen atoms in total. The van der Waals surface area contributed by atoms with Gasteiger partial charge in [-0.1, -0.05) is 24.3 Å². The Morgan fingerprint density at radius 3 is 2.69 bits per heavy atom. The second-order valence-electron chi connectivity index (χ2n) is 9.59. The van der Waals surface area contributed by atoms with Gasteiger partial charge in [-0.2, -0.15) is 5.10 Å². The predicted molar refractivity (Wildman–Crippen MR) is 152 cm³/mol. The number of thiophene rings is 1. The van der Waals surface area contributed by atoms with E-state index in [1.165, 1.54) is 15.6 Å². The Morgan fingerprint density at radius 1 is 0.974 bits per heavy atom. The molecule has 8 heteroatoms. The predicted octanol–water partition coefficient (Wildman–Crippen LogP) is 7.35. The quantitative estimate of drug-likeness (QED) is 0.197. The topological polar surface area (TPSA) is 84.2 Å². The molecule has 0 amide bonds. The van der Waals surface area contributed by atoms with Crippen molar-refractivity contribution in [3.8, 4) is 33.8 Å². The maximum atomic E-state index is 14.3. The highest BCUT2D eigenvalue weighted by Gasteiger charge is 2.18. The van der Waals surface area contributed by atoms with Crippen LogP contribution in [0.1, 0.15) is 11.3 Å². The third kappa shape index (κ3) is 4.84. The maximum absolute atomic E-state index is 14.3. The number of aromatic hydroxyl groups is 1. The van der Waals surface area contributed by atoms with Crippen LogP contribution >= 0.6 is 11.3 Å². The summed E-state index contributed by atoms with van der Waals surface area (Å²) in [5.74, 6) is -1.86. The smallest absolute Gasteiger partial charge is 0.168 e. The van der Waals surface area contributed by atoms with Gasteiger partial charge in [-0.05, 0) is 88.8 Å². The molecule has 0 aliphatic rings. The molecule has 4 N–H and O–H groups in total. The Labute approximate surface area is 227 Å². The third-order valence-electron chi connectivity index (χ3n) is 6.88. The fourth-order valence-corrected chi connectivity index (χ4v) is 5.88. The van der Waals surface area contributed by atoms with Crippen LogP contribution in [0.15, 0.2) is 78.2 Å². The molecule has 0 saturated heterocycles. The van der Waals surface area contributed by atoms with E-state index in [4.69, 9.17) is 10.5 Å². The zero-order chi connectivity index (χ0) is 27.1. The number of fused-ring (bicyclic) bond motifs is 2. The molecular formula is C31H25F2N3O2S. The first-order valence-corrected chi connectivity index (χ1v) is 13.4. The minimum Gasteiger partial charge on any atom is -0.504 e. The summed E-state index contributed by atoms with van der Waals surface area (Å²) in [5, 5.41) is 22.0. The Balaban J connectivity index is 1.34. The van der Waals surface area contributed by atoms with Crippen LogP contribution in [-0.4, -0.2) is 28.0 Å². The number of nitrogens with one attached hydrogen (secondary N) is 1. The van der Waals surface area contributed by atoms with E-state index in [1.54, 1.807) is 29.5 Å². The van der Waals surface area contributed by atoms with E-state index in [0.717, 1.165) is 28.2 Å². The van der Waals surface area contributed by atoms with Crippen LogP contribution in [0.3, 0.4) is 0 Å². The molecule has 2 aromatic heterocycles. The fourth-order valence-electron chi connectivity index (χ4n) is 4.91. The normalized spacial score (nSPS) is 12.3. The largest absolute Gasteiger partial charge is 0.504 e. The molecule has 0 unspecified atom stereocenters. The van der Waals surface area contributed by atoms with Crippen molar-refractivity contribution in [2.24, 2.45) is 5.73 Å². The monoisotopic (exact) mass is 541 g/mol. The number of rotatable bonds is 7. The van der Waals surface area contributed by atoms with E-state index in [1.807, 2.05) is 37.3 Å². The summed E-state index contributed by atoms with van der Waals surface area (Å²) in [6, 6.07) is 20.8. The van der Waals surface area contributed by atoms with Crippen LogP contribution in [0.5, 0.6) is 11.5 Å². The van der Waals surface area contributed by atoms with Gasteiger partial charge in [-0.3, -0.25) is 5.10 Å². The van der Waals surface area contributed by atoms with Crippen molar-refractivity contribution in [3.05, 3.63) is 101 Å². The lowest BCUT2D eigenvalue weighted by Gasteiger charge is -2.17. The molecule has 0 radical (unpaired) electrons. The second-order valence-corrected chi connectivity index (χ2v) is 10.5. The summed E-state index contributed by atoms with van der Waals surface area (Å²) >= 11 is 1.70. The SMILES string of the molecule is Cc1n[nH]c2ccc(-c3cc(OC[C@H](N)Cc4csc5ccccc45)ccc3-c3cc(F)cc(F)c3O)cc12. The van der Waals surface area contributed by atoms with Gasteiger partial charge >= 0.3 is 0 Å². The summed E-state index contributed by atoms with van der Waals surface area (Å²) in [7, 11) is 0. The van der Waals surface area contributed by atoms with E-state index in [2.05, 4.69) is 27.7 Å². The van der Waals surface area contributed by atoms with Crippen LogP contribution in [0, 0.1) is 18.6 Å². The minimum absolute atomic E-state index is 0.0547. The Hall–Kier alpha value is -4.27. The Morgan fingerprint density at radius 2 is 1.82 bits per heavy atom. The minimum atomic E-state index is -1.02. The fraction of sp³-hybridized carbons (Fsp3) is 0.129. The van der Waals surface area contributed by atoms with Gasteiger partial charge in [-0.15, -0.1) is 11.3 Å². The highest BCUT2D eigenvalue weighted by atomic mass is 32.1. The number of nitrogens with two attached hydrogens (primary N) is 1. The van der Waals surface area contributed by atoms with Gasteiger partial charge in [0.05, 0.1) is 11.2 Å². The number of aryl methyl sites for hydroxylation is 1. The summed E-state index contributed by atoms with van der Waals surface area (Å²) in [6.45, 7) is 2.18. The van der Waals surface area contributed by atoms with Crippen molar-refractivity contribution in [2.45, 2.75) is 19.4 Å². The van der Waals surface area contributed by atoms with E-state index in [-0.39, 0.29) is 18.2 Å². The number of halogens is 2. The van der Waals surface area contributed by atoms with Crippen LogP contribution in [-0.2, 0) is 6.42 Å². The average molecular weight is 542 g/mol. The lowest BCUT2D eigenvalue weighted by Crippen LogP contribution is -2.30. The van der Waals surface area contributed by atoms with Gasteiger partial charge in [0.15, 0.2) is 11.6 Å². The van der Waals surface area contributed by atoms with Crippen molar-refractivity contribution >= 4 is 32.3 Å². The summed E-state index contributed by atoms with van der Waals surface area (Å²) in [5.41, 5.74) is 11.3. The lowest BCUT2D eigenvalue weighted by molar-refractivity contribution is 0.288. The number of benzene rings is 4. The average Bonchev–Trinajstić information content (AvgIpc) is 3.52. The second kappa shape index (κ2) is 10.1. The third-order valence-corrected chi connectivity index (χ3v) is 7.89. The first kappa shape index (κ1) is 25.0. The van der Waals surface area contributed by atoms with E-state index in [0.29, 0.717) is 29.4 Å². The summed E-state index contributed by atoms with van der Waals surface area (Å²) < 4.78 is 35.8. The van der Waals surface area contributed by atoms with Crippen molar-refractivity contribution in [1.82, 2.24) is 10.2 Å². The van der Waals surface area contributed by atoms with Gasteiger partial charge < -0.3 is 15.6 Å². The first-order valence-electron chi connectivity index (χ1n) is 12.5. The molecular weight excluding hydrogens is 516 g/mol. The van der Waals surface area contributed by atoms with Crippen LogP contribution < -0.4 is 10.5 Å². The molecule has 2 heterocycles. The van der Waals surface area contributed by atoms with E-state index >= 15 is 0 Å². The molecule has 0 aliphatic carbocycles. The molecule has 0 aliphatic heterocycles. The van der Waals surface area contributed by atoms with Gasteiger partial charge in [-0.25, -0.2) is 8.78 Å². The van der Waals surface area contributed by atoms with Crippen molar-refractivity contribution in [2.75, 3.05) is 6.61 Å². The number of phenols is 1. The van der Waals surface area contributed by atoms with Crippen LogP contribution in [0.4, 0.5) is 8.78 Å². The van der Waals surface area contributed by atoms with E-state index in [9.17, 15) is 13.9 Å². The van der Waals surface area contributed by atoms with E-state index < -0.39 is 17.4 Å². The molecule has 196 valence electrons. The van der Waals surface area contributed by atoms with Crippen molar-refractivity contribution < 1.29 is 18.6 Å². The highest BCUT2D eigenvalue weighted by molar-refractivity contribution is 7.17. The number of aromatic nitrogens is 2. The number of hydrogen-bond acceptors (Lipinski definition) is 5. The number of ether oxygens (including phenoxy) is 1. The maximum Gasteiger partial charge on any atom is 0.168 e. The summed E-state index contributed by atoms with van der Waals surface area (Å²) in [4.78, 5) is 0. The first-order chi connectivity index (χ1) is 18.9. The molecule has 1 atom stereocenters. The molecule has 4 aromatic carbocycles. The highest BCUT2D eigenvalue weighted by Crippen LogP contribution is 2.41. The number of hydrogen-bond donors (Lipinski definition) is 3. The number of H-pyrrole nitrogens is 1. The van der Waals surface area contributed by atoms with Gasteiger partial charge in [0.1, 0.15) is 18.2 Å². The van der Waals surface area contributed by atoms with Gasteiger partial charge in [0.25, 0.3) is 0 Å². The number of phenolic OH excluding ortho intramolecular Hbond substituents is 1. The molecule has 0 spiro atoms. The summed E-state index contributed by atoms with van der Waals surface area (Å²) in [6.07, 6.45) is 0.668. The van der Waals surface area contributed by atoms with Crippen LogP contribution in [0.2, 0.25) is 0 Å². The van der Waals surface area contributed by atoms with Crippen molar-refractivity contribution in [1.29, 1.82) is 0 Å². The molecule has 0 saturated carbocycles. The van der Waals surface area contributed by atoms with Gasteiger partial charge in [0.2, 0.25) is 0 Å². The molecule has 0 fully saturated rings.